The fraction of sp³-hybridized carbons (Fsp3) is 0.545. The molecule has 0 radical (unpaired) electrons. The summed E-state index contributed by atoms with van der Waals surface area (Å²) in [6, 6.07) is 3.81. The van der Waals surface area contributed by atoms with Crippen molar-refractivity contribution in [2.75, 3.05) is 13.1 Å². The van der Waals surface area contributed by atoms with E-state index < -0.39 is 0 Å². The highest BCUT2D eigenvalue weighted by molar-refractivity contribution is 5.84. The molecule has 3 rings (SSSR count). The van der Waals surface area contributed by atoms with Crippen LogP contribution in [0.15, 0.2) is 22.8 Å². The summed E-state index contributed by atoms with van der Waals surface area (Å²) in [7, 11) is 0. The summed E-state index contributed by atoms with van der Waals surface area (Å²) < 4.78 is 5.28. The summed E-state index contributed by atoms with van der Waals surface area (Å²) >= 11 is 0. The molecule has 4 heteroatoms. The number of hydrogen-bond acceptors (Lipinski definition) is 3. The van der Waals surface area contributed by atoms with Gasteiger partial charge in [0.1, 0.15) is 11.8 Å². The molecule has 0 aromatic carbocycles. The number of nitrogens with zero attached hydrogens (tertiary/aromatic N) is 1. The Morgan fingerprint density at radius 2 is 2.47 bits per heavy atom. The molecule has 2 aliphatic rings. The van der Waals surface area contributed by atoms with Crippen molar-refractivity contribution in [2.24, 2.45) is 0 Å². The molecule has 2 fully saturated rings. The van der Waals surface area contributed by atoms with Crippen LogP contribution in [0.1, 0.15) is 24.6 Å². The van der Waals surface area contributed by atoms with E-state index in [0.29, 0.717) is 6.04 Å². The van der Waals surface area contributed by atoms with Crippen molar-refractivity contribution >= 4 is 5.91 Å². The molecule has 0 spiro atoms. The monoisotopic (exact) mass is 206 g/mol. The lowest BCUT2D eigenvalue weighted by Gasteiger charge is -2.34. The van der Waals surface area contributed by atoms with E-state index in [1.165, 1.54) is 0 Å². The number of fused-ring (bicyclic) bond motifs is 1. The molecule has 2 atom stereocenters. The molecule has 2 saturated heterocycles. The first-order chi connectivity index (χ1) is 7.36. The van der Waals surface area contributed by atoms with E-state index in [-0.39, 0.29) is 11.9 Å². The first-order valence-corrected chi connectivity index (χ1v) is 5.43. The Morgan fingerprint density at radius 1 is 1.53 bits per heavy atom. The van der Waals surface area contributed by atoms with Crippen LogP contribution in [0.3, 0.4) is 0 Å². The maximum Gasteiger partial charge on any atom is 0.247 e. The van der Waals surface area contributed by atoms with Crippen LogP contribution in [-0.2, 0) is 4.79 Å². The second-order valence-corrected chi connectivity index (χ2v) is 4.18. The van der Waals surface area contributed by atoms with Gasteiger partial charge < -0.3 is 9.32 Å². The van der Waals surface area contributed by atoms with Gasteiger partial charge in [0, 0.05) is 19.1 Å². The van der Waals surface area contributed by atoms with Gasteiger partial charge in [-0.15, -0.1) is 0 Å². The molecule has 2 unspecified atom stereocenters. The zero-order valence-electron chi connectivity index (χ0n) is 8.48. The van der Waals surface area contributed by atoms with E-state index in [9.17, 15) is 4.79 Å². The van der Waals surface area contributed by atoms with Gasteiger partial charge in [-0.2, -0.15) is 0 Å². The van der Waals surface area contributed by atoms with Crippen molar-refractivity contribution in [2.45, 2.75) is 24.9 Å². The van der Waals surface area contributed by atoms with E-state index >= 15 is 0 Å². The SMILES string of the molecule is O=C1C(c2ccco2)NCC2CCCN12. The largest absolute Gasteiger partial charge is 0.467 e. The molecule has 1 aromatic rings. The van der Waals surface area contributed by atoms with E-state index in [1.54, 1.807) is 6.26 Å². The Hall–Kier alpha value is -1.29. The summed E-state index contributed by atoms with van der Waals surface area (Å²) in [5.74, 6) is 0.893. The minimum absolute atomic E-state index is 0.165. The van der Waals surface area contributed by atoms with Crippen LogP contribution in [-0.4, -0.2) is 29.9 Å². The summed E-state index contributed by atoms with van der Waals surface area (Å²) in [6.45, 7) is 1.79. The van der Waals surface area contributed by atoms with E-state index in [2.05, 4.69) is 5.32 Å². The quantitative estimate of drug-likeness (QED) is 0.743. The standard InChI is InChI=1S/C11H14N2O2/c14-11-10(9-4-2-6-15-9)12-7-8-3-1-5-13(8)11/h2,4,6,8,10,12H,1,3,5,7H2. The molecular weight excluding hydrogens is 192 g/mol. The molecule has 0 saturated carbocycles. The van der Waals surface area contributed by atoms with Crippen molar-refractivity contribution in [3.63, 3.8) is 0 Å². The van der Waals surface area contributed by atoms with Crippen LogP contribution in [0, 0.1) is 0 Å². The molecule has 1 aromatic heterocycles. The number of carbonyl (C=O) groups is 1. The van der Waals surface area contributed by atoms with Crippen molar-refractivity contribution in [3.05, 3.63) is 24.2 Å². The zero-order chi connectivity index (χ0) is 10.3. The lowest BCUT2D eigenvalue weighted by Crippen LogP contribution is -2.53. The number of amides is 1. The molecule has 4 nitrogen and oxygen atoms in total. The van der Waals surface area contributed by atoms with Gasteiger partial charge in [-0.05, 0) is 25.0 Å². The van der Waals surface area contributed by atoms with Crippen LogP contribution in [0.4, 0.5) is 0 Å². The predicted molar refractivity (Wildman–Crippen MR) is 54.2 cm³/mol. The summed E-state index contributed by atoms with van der Waals surface area (Å²) in [6.07, 6.45) is 3.87. The van der Waals surface area contributed by atoms with Gasteiger partial charge in [-0.1, -0.05) is 0 Å². The second kappa shape index (κ2) is 3.38. The molecule has 0 bridgehead atoms. The predicted octanol–water partition coefficient (Wildman–Crippen LogP) is 0.915. The number of nitrogens with one attached hydrogen (secondary N) is 1. The lowest BCUT2D eigenvalue weighted by atomic mass is 10.1. The molecule has 2 aliphatic heterocycles. The van der Waals surface area contributed by atoms with Gasteiger partial charge in [0.2, 0.25) is 5.91 Å². The Balaban J connectivity index is 1.84. The fourth-order valence-electron chi connectivity index (χ4n) is 2.52. The van der Waals surface area contributed by atoms with Gasteiger partial charge in [0.25, 0.3) is 0 Å². The van der Waals surface area contributed by atoms with Crippen molar-refractivity contribution < 1.29 is 9.21 Å². The Morgan fingerprint density at radius 3 is 3.27 bits per heavy atom. The Bertz CT molecular complexity index is 361. The van der Waals surface area contributed by atoms with Gasteiger partial charge in [-0.3, -0.25) is 10.1 Å². The molecule has 1 amide bonds. The summed E-state index contributed by atoms with van der Waals surface area (Å²) in [5.41, 5.74) is 0. The van der Waals surface area contributed by atoms with Crippen LogP contribution >= 0.6 is 0 Å². The Kier molecular flexibility index (Phi) is 2.02. The number of piperazine rings is 1. The first-order valence-electron chi connectivity index (χ1n) is 5.43. The van der Waals surface area contributed by atoms with Crippen molar-refractivity contribution in [1.29, 1.82) is 0 Å². The highest BCUT2D eigenvalue weighted by Gasteiger charge is 2.39. The summed E-state index contributed by atoms with van der Waals surface area (Å²) in [4.78, 5) is 14.1. The number of furan rings is 1. The van der Waals surface area contributed by atoms with Gasteiger partial charge in [0.15, 0.2) is 0 Å². The second-order valence-electron chi connectivity index (χ2n) is 4.18. The van der Waals surface area contributed by atoms with Gasteiger partial charge >= 0.3 is 0 Å². The summed E-state index contributed by atoms with van der Waals surface area (Å²) in [5, 5.41) is 3.26. The molecule has 0 aliphatic carbocycles. The fourth-order valence-corrected chi connectivity index (χ4v) is 2.52. The molecule has 80 valence electrons. The van der Waals surface area contributed by atoms with Crippen LogP contribution < -0.4 is 5.32 Å². The van der Waals surface area contributed by atoms with Crippen molar-refractivity contribution in [1.82, 2.24) is 10.2 Å². The van der Waals surface area contributed by atoms with E-state index in [1.807, 2.05) is 17.0 Å². The molecule has 1 N–H and O–H groups in total. The van der Waals surface area contributed by atoms with Crippen molar-refractivity contribution in [3.8, 4) is 0 Å². The first kappa shape index (κ1) is 8.97. The van der Waals surface area contributed by atoms with Gasteiger partial charge in [-0.25, -0.2) is 0 Å². The highest BCUT2D eigenvalue weighted by Crippen LogP contribution is 2.27. The van der Waals surface area contributed by atoms with E-state index in [4.69, 9.17) is 4.42 Å². The zero-order valence-corrected chi connectivity index (χ0v) is 8.48. The van der Waals surface area contributed by atoms with Crippen LogP contribution in [0.5, 0.6) is 0 Å². The molecule has 15 heavy (non-hydrogen) atoms. The maximum atomic E-state index is 12.1. The number of rotatable bonds is 1. The maximum absolute atomic E-state index is 12.1. The van der Waals surface area contributed by atoms with E-state index in [0.717, 1.165) is 31.7 Å². The Labute approximate surface area is 88.2 Å². The molecule has 3 heterocycles. The average molecular weight is 206 g/mol. The minimum atomic E-state index is -0.269. The smallest absolute Gasteiger partial charge is 0.247 e. The number of hydrogen-bond donors (Lipinski definition) is 1. The third-order valence-electron chi connectivity index (χ3n) is 3.29. The number of carbonyl (C=O) groups excluding carboxylic acids is 1. The van der Waals surface area contributed by atoms with Crippen LogP contribution in [0.2, 0.25) is 0 Å². The third kappa shape index (κ3) is 1.36. The third-order valence-corrected chi connectivity index (χ3v) is 3.29. The van der Waals surface area contributed by atoms with Crippen LogP contribution in [0.25, 0.3) is 0 Å². The van der Waals surface area contributed by atoms with Gasteiger partial charge in [0.05, 0.1) is 6.26 Å². The minimum Gasteiger partial charge on any atom is -0.467 e. The highest BCUT2D eigenvalue weighted by atomic mass is 16.3. The lowest BCUT2D eigenvalue weighted by molar-refractivity contribution is -0.137. The molecular formula is C11H14N2O2. The topological polar surface area (TPSA) is 45.5 Å². The average Bonchev–Trinajstić information content (AvgIpc) is 2.87. The normalized spacial score (nSPS) is 30.7.